The molecule has 128 valence electrons. The van der Waals surface area contributed by atoms with E-state index in [0.29, 0.717) is 0 Å². The smallest absolute Gasteiger partial charge is 0.282 e. The Bertz CT molecular complexity index is 894. The summed E-state index contributed by atoms with van der Waals surface area (Å²) >= 11 is 6.25. The Hall–Kier alpha value is -2.36. The van der Waals surface area contributed by atoms with E-state index in [1.54, 1.807) is 0 Å². The number of quaternary nitrogens is 1. The van der Waals surface area contributed by atoms with Gasteiger partial charge in [0.15, 0.2) is 6.04 Å². The van der Waals surface area contributed by atoms with Gasteiger partial charge in [-0.05, 0) is 42.8 Å². The van der Waals surface area contributed by atoms with Crippen LogP contribution in [0.2, 0.25) is 5.02 Å². The van der Waals surface area contributed by atoms with Crippen molar-refractivity contribution in [3.63, 3.8) is 0 Å². The van der Waals surface area contributed by atoms with Crippen LogP contribution < -0.4 is 10.6 Å². The molecule has 1 amide bonds. The predicted octanol–water partition coefficient (Wildman–Crippen LogP) is 4.14. The highest BCUT2D eigenvalue weighted by atomic mass is 35.5. The van der Waals surface area contributed by atoms with Gasteiger partial charge in [0, 0.05) is 16.3 Å². The summed E-state index contributed by atoms with van der Waals surface area (Å²) in [7, 11) is 0. The lowest BCUT2D eigenvalue weighted by Crippen LogP contribution is -2.91. The lowest BCUT2D eigenvalue weighted by molar-refractivity contribution is -0.709. The number of nitrogens with two attached hydrogens (primary N) is 1. The molecule has 3 aromatic carbocycles. The van der Waals surface area contributed by atoms with Crippen molar-refractivity contribution >= 4 is 34.0 Å². The third-order valence-corrected chi connectivity index (χ3v) is 4.75. The van der Waals surface area contributed by atoms with Crippen LogP contribution >= 0.6 is 11.6 Å². The van der Waals surface area contributed by atoms with Crippen molar-refractivity contribution in [2.75, 3.05) is 5.32 Å². The number of carbonyl (C=O) groups excluding carboxylic acids is 1. The molecule has 0 saturated heterocycles. The van der Waals surface area contributed by atoms with Gasteiger partial charge in [0.25, 0.3) is 5.91 Å². The van der Waals surface area contributed by atoms with Crippen molar-refractivity contribution in [3.05, 3.63) is 77.3 Å². The number of fused-ring (bicyclic) bond motifs is 1. The average Bonchev–Trinajstić information content (AvgIpc) is 2.61. The molecule has 3 aromatic rings. The van der Waals surface area contributed by atoms with E-state index in [9.17, 15) is 4.79 Å². The highest BCUT2D eigenvalue weighted by molar-refractivity contribution is 6.31. The van der Waals surface area contributed by atoms with Crippen LogP contribution in [0.15, 0.2) is 66.7 Å². The molecule has 0 fully saturated rings. The minimum absolute atomic E-state index is 0.0193. The largest absolute Gasteiger partial charge is 0.330 e. The summed E-state index contributed by atoms with van der Waals surface area (Å²) in [6, 6.07) is 21.7. The molecular weight excluding hydrogens is 332 g/mol. The maximum Gasteiger partial charge on any atom is 0.282 e. The maximum absolute atomic E-state index is 12.5. The normalized spacial score (nSPS) is 13.4. The molecule has 0 aromatic heterocycles. The molecule has 0 aliphatic heterocycles. The first kappa shape index (κ1) is 17.5. The molecule has 0 bridgehead atoms. The molecule has 0 unspecified atom stereocenters. The van der Waals surface area contributed by atoms with Crippen molar-refractivity contribution in [1.29, 1.82) is 0 Å². The van der Waals surface area contributed by atoms with Gasteiger partial charge in [-0.15, -0.1) is 0 Å². The van der Waals surface area contributed by atoms with E-state index in [1.807, 2.05) is 72.9 Å². The van der Waals surface area contributed by atoms with Crippen LogP contribution in [0.3, 0.4) is 0 Å². The van der Waals surface area contributed by atoms with Gasteiger partial charge in [-0.2, -0.15) is 0 Å². The standard InChI is InChI=1S/C21H21ClN2O/c1-14(19-9-5-6-10-20(19)22)23-15(2)21(25)24-18-12-11-16-7-3-4-8-17(16)13-18/h3-15,23H,1-2H3,(H,24,25)/p+1/t14-,15-/m1/s1. The van der Waals surface area contributed by atoms with E-state index in [0.717, 1.165) is 27.0 Å². The number of rotatable bonds is 5. The minimum Gasteiger partial charge on any atom is -0.330 e. The van der Waals surface area contributed by atoms with Gasteiger partial charge in [-0.3, -0.25) is 4.79 Å². The Labute approximate surface area is 153 Å². The maximum atomic E-state index is 12.5. The van der Waals surface area contributed by atoms with E-state index in [2.05, 4.69) is 18.3 Å². The van der Waals surface area contributed by atoms with Crippen molar-refractivity contribution in [1.82, 2.24) is 0 Å². The SMILES string of the molecule is C[C@@H]([NH2+][C@H](C)c1ccccc1Cl)C(=O)Nc1ccc2ccccc2c1. The molecule has 0 aliphatic rings. The Morgan fingerprint density at radius 1 is 0.960 bits per heavy atom. The van der Waals surface area contributed by atoms with Crippen molar-refractivity contribution in [2.24, 2.45) is 0 Å². The molecule has 2 atom stereocenters. The van der Waals surface area contributed by atoms with E-state index in [1.165, 1.54) is 0 Å². The van der Waals surface area contributed by atoms with E-state index in [4.69, 9.17) is 11.6 Å². The molecule has 0 radical (unpaired) electrons. The number of nitrogens with one attached hydrogen (secondary N) is 1. The summed E-state index contributed by atoms with van der Waals surface area (Å²) in [6.45, 7) is 3.96. The van der Waals surface area contributed by atoms with Gasteiger partial charge < -0.3 is 10.6 Å². The fraction of sp³-hybridized carbons (Fsp3) is 0.190. The molecule has 0 aliphatic carbocycles. The van der Waals surface area contributed by atoms with Gasteiger partial charge in [0.2, 0.25) is 0 Å². The lowest BCUT2D eigenvalue weighted by Gasteiger charge is -2.18. The number of hydrogen-bond donors (Lipinski definition) is 2. The van der Waals surface area contributed by atoms with Crippen LogP contribution in [-0.4, -0.2) is 11.9 Å². The van der Waals surface area contributed by atoms with Gasteiger partial charge in [-0.25, -0.2) is 0 Å². The monoisotopic (exact) mass is 353 g/mol. The molecule has 3 N–H and O–H groups in total. The summed E-state index contributed by atoms with van der Waals surface area (Å²) < 4.78 is 0. The topological polar surface area (TPSA) is 45.7 Å². The van der Waals surface area contributed by atoms with Crippen molar-refractivity contribution in [2.45, 2.75) is 25.9 Å². The number of hydrogen-bond acceptors (Lipinski definition) is 1. The van der Waals surface area contributed by atoms with Crippen LogP contribution in [0.4, 0.5) is 5.69 Å². The van der Waals surface area contributed by atoms with E-state index < -0.39 is 0 Å². The average molecular weight is 354 g/mol. The molecule has 0 heterocycles. The van der Waals surface area contributed by atoms with Crippen LogP contribution in [-0.2, 0) is 4.79 Å². The quantitative estimate of drug-likeness (QED) is 0.711. The lowest BCUT2D eigenvalue weighted by atomic mass is 10.1. The number of carbonyl (C=O) groups is 1. The third kappa shape index (κ3) is 4.19. The van der Waals surface area contributed by atoms with E-state index >= 15 is 0 Å². The van der Waals surface area contributed by atoms with Gasteiger partial charge in [0.05, 0.1) is 0 Å². The first-order valence-corrected chi connectivity index (χ1v) is 8.81. The summed E-state index contributed by atoms with van der Waals surface area (Å²) in [4.78, 5) is 12.5. The van der Waals surface area contributed by atoms with Gasteiger partial charge in [0.1, 0.15) is 6.04 Å². The van der Waals surface area contributed by atoms with E-state index in [-0.39, 0.29) is 18.0 Å². The number of amides is 1. The molecule has 3 nitrogen and oxygen atoms in total. The summed E-state index contributed by atoms with van der Waals surface area (Å²) in [5.74, 6) is -0.0193. The Balaban J connectivity index is 1.66. The molecule has 0 saturated carbocycles. The minimum atomic E-state index is -0.224. The second kappa shape index (κ2) is 7.68. The number of benzene rings is 3. The highest BCUT2D eigenvalue weighted by Gasteiger charge is 2.21. The fourth-order valence-corrected chi connectivity index (χ4v) is 3.30. The molecular formula is C21H22ClN2O+. The Morgan fingerprint density at radius 3 is 2.40 bits per heavy atom. The molecule has 4 heteroatoms. The number of halogens is 1. The van der Waals surface area contributed by atoms with Gasteiger partial charge >= 0.3 is 0 Å². The van der Waals surface area contributed by atoms with Crippen LogP contribution in [0.5, 0.6) is 0 Å². The Kier molecular flexibility index (Phi) is 5.37. The second-order valence-corrected chi connectivity index (χ2v) is 6.75. The summed E-state index contributed by atoms with van der Waals surface area (Å²) in [5.41, 5.74) is 1.85. The van der Waals surface area contributed by atoms with Crippen LogP contribution in [0.25, 0.3) is 10.8 Å². The first-order chi connectivity index (χ1) is 12.0. The predicted molar refractivity (Wildman–Crippen MR) is 104 cm³/mol. The second-order valence-electron chi connectivity index (χ2n) is 6.34. The zero-order valence-corrected chi connectivity index (χ0v) is 15.1. The zero-order chi connectivity index (χ0) is 17.8. The van der Waals surface area contributed by atoms with Crippen molar-refractivity contribution in [3.8, 4) is 0 Å². The first-order valence-electron chi connectivity index (χ1n) is 8.43. The number of anilines is 1. The highest BCUT2D eigenvalue weighted by Crippen LogP contribution is 2.20. The zero-order valence-electron chi connectivity index (χ0n) is 14.4. The molecule has 25 heavy (non-hydrogen) atoms. The van der Waals surface area contributed by atoms with Gasteiger partial charge in [-0.1, -0.05) is 60.1 Å². The van der Waals surface area contributed by atoms with Crippen LogP contribution in [0.1, 0.15) is 25.5 Å². The summed E-state index contributed by atoms with van der Waals surface area (Å²) in [6.07, 6.45) is 0. The summed E-state index contributed by atoms with van der Waals surface area (Å²) in [5, 5.41) is 8.03. The van der Waals surface area contributed by atoms with Crippen molar-refractivity contribution < 1.29 is 10.1 Å². The molecule has 3 rings (SSSR count). The Morgan fingerprint density at radius 2 is 1.64 bits per heavy atom. The van der Waals surface area contributed by atoms with Crippen LogP contribution in [0, 0.1) is 0 Å². The third-order valence-electron chi connectivity index (χ3n) is 4.40. The molecule has 0 spiro atoms. The fourth-order valence-electron chi connectivity index (χ4n) is 2.99.